The summed E-state index contributed by atoms with van der Waals surface area (Å²) in [5, 5.41) is 3.41. The van der Waals surface area contributed by atoms with Crippen LogP contribution in [0.2, 0.25) is 0 Å². The molecular formula is C71H55BF27NPRhSi+. The van der Waals surface area contributed by atoms with E-state index in [4.69, 9.17) is 6.57 Å². The molecule has 0 unspecified atom stereocenters. The van der Waals surface area contributed by atoms with Gasteiger partial charge in [0.05, 0.1) is 44.5 Å². The van der Waals surface area contributed by atoms with Gasteiger partial charge >= 0.3 is 83.3 Å². The van der Waals surface area contributed by atoms with E-state index in [1.807, 2.05) is 54.6 Å². The van der Waals surface area contributed by atoms with Crippen molar-refractivity contribution in [3.63, 3.8) is 0 Å². The van der Waals surface area contributed by atoms with E-state index in [0.29, 0.717) is 7.92 Å². The van der Waals surface area contributed by atoms with Crippen LogP contribution >= 0.6 is 7.92 Å². The summed E-state index contributed by atoms with van der Waals surface area (Å²) in [4.78, 5) is 0. The molecule has 0 aromatic heterocycles. The van der Waals surface area contributed by atoms with Crippen molar-refractivity contribution in [2.45, 2.75) is 90.2 Å². The van der Waals surface area contributed by atoms with Gasteiger partial charge in [-0.05, 0) is 73.8 Å². The molecule has 0 amide bonds. The zero-order chi connectivity index (χ0) is 77.5. The maximum Gasteiger partial charge on any atom is 3.00 e. The number of benzene rings is 8. The van der Waals surface area contributed by atoms with Gasteiger partial charge in [-0.2, -0.15) is 171 Å². The van der Waals surface area contributed by atoms with E-state index in [9.17, 15) is 119 Å². The van der Waals surface area contributed by atoms with Gasteiger partial charge in [-0.15, -0.1) is 7.92 Å². The average molecular weight is 1610 g/mol. The maximum absolute atomic E-state index is 14.2. The van der Waals surface area contributed by atoms with Crippen molar-refractivity contribution in [1.82, 2.24) is 0 Å². The minimum Gasteiger partial charge on any atom is -0.398 e. The third kappa shape index (κ3) is 22.1. The number of halogens is 27. The van der Waals surface area contributed by atoms with Crippen LogP contribution in [0.1, 0.15) is 84.7 Å². The van der Waals surface area contributed by atoms with Crippen molar-refractivity contribution >= 4 is 59.7 Å². The van der Waals surface area contributed by atoms with Crippen molar-refractivity contribution in [2.75, 3.05) is 20.0 Å². The Bertz CT molecular complexity index is 3500. The molecule has 103 heavy (non-hydrogen) atoms. The number of hydrogen-bond acceptors (Lipinski definition) is 0. The fourth-order valence-electron chi connectivity index (χ4n) is 10.8. The van der Waals surface area contributed by atoms with Gasteiger partial charge in [0.25, 0.3) is 0 Å². The van der Waals surface area contributed by atoms with E-state index < -0.39 is 215 Å². The molecule has 0 N–H and O–H groups in total. The molecular weight excluding hydrogens is 1550 g/mol. The van der Waals surface area contributed by atoms with Crippen LogP contribution in [0.25, 0.3) is 4.51 Å². The second-order valence-electron chi connectivity index (χ2n) is 23.4. The molecule has 32 heteroatoms. The molecule has 1 saturated carbocycles. The van der Waals surface area contributed by atoms with Gasteiger partial charge in [0.15, 0.2) is 0 Å². The molecule has 8 aromatic rings. The average Bonchev–Trinajstić information content (AvgIpc) is 1.14. The predicted molar refractivity (Wildman–Crippen MR) is 340 cm³/mol. The molecule has 1 fully saturated rings. The Labute approximate surface area is 590 Å². The molecule has 1 aliphatic rings. The van der Waals surface area contributed by atoms with Crippen LogP contribution in [0.5, 0.6) is 0 Å². The molecule has 0 spiro atoms. The fraction of sp³-hybridized carbons (Fsp3) is 0.239. The third-order valence-corrected chi connectivity index (χ3v) is 19.9. The Kier molecular flexibility index (Phi) is 28.6. The number of alkyl halides is 27. The normalized spacial score (nSPS) is 14.4. The van der Waals surface area contributed by atoms with Crippen LogP contribution in [0.15, 0.2) is 188 Å². The van der Waals surface area contributed by atoms with E-state index in [1.165, 1.54) is 41.7 Å². The molecule has 553 valence electrons. The smallest absolute Gasteiger partial charge is 0.398 e. The standard InChI is InChI=1S/C32H12BF24.C19H15NSi.C10H15.C7H4F3.C3H9P.Rh/c34-25(35,36)13-1-14(26(37,38)39)6-21(5-13)33(22-7-15(27(40,41)42)2-16(8-22)28(43,44)45,23-9-17(29(46,47)48)3-18(10-23)30(49,50)51)24-11-19(31(52,53)54)4-20(12-24)32(55,56)57;1-20-21(17-11-5-2-6-12-17,18-13-7-3-8-14-18)19-15-9-4-10-16-19;1-6-7(2)9(4)10(5)8(6)3;8-7(9,10)6-4-2-1-3-5-6;1-4(2)3;/h1-12H;2-16H;1-5H3;2-5H;1-3H3;/q-1;;;-1;;+3. The van der Waals surface area contributed by atoms with Crippen LogP contribution in [-0.4, -0.2) is 34.4 Å². The van der Waals surface area contributed by atoms with Crippen LogP contribution in [-0.2, 0) is 75.1 Å². The van der Waals surface area contributed by atoms with Gasteiger partial charge in [0.1, 0.15) is 6.15 Å². The summed E-state index contributed by atoms with van der Waals surface area (Å²) in [6, 6.07) is 28.8. The third-order valence-electron chi connectivity index (χ3n) is 16.0. The second kappa shape index (κ2) is 33.4. The van der Waals surface area contributed by atoms with Crippen molar-refractivity contribution in [3.05, 3.63) is 285 Å². The zero-order valence-electron chi connectivity index (χ0n) is 54.4. The quantitative estimate of drug-likeness (QED) is 0.0492. The second-order valence-corrected chi connectivity index (χ2v) is 29.5. The topological polar surface area (TPSA) is 4.36 Å². The predicted octanol–water partition coefficient (Wildman–Crippen LogP) is 20.6. The van der Waals surface area contributed by atoms with Crippen molar-refractivity contribution in [3.8, 4) is 0 Å². The van der Waals surface area contributed by atoms with E-state index in [-0.39, 0.29) is 19.5 Å². The Hall–Kier alpha value is -7.30. The summed E-state index contributed by atoms with van der Waals surface area (Å²) in [6.07, 6.45) is -59.0. The van der Waals surface area contributed by atoms with Crippen molar-refractivity contribution in [1.29, 1.82) is 0 Å². The van der Waals surface area contributed by atoms with Gasteiger partial charge in [-0.25, -0.2) is 0 Å². The molecule has 0 bridgehead atoms. The molecule has 5 radical (unpaired) electrons. The Balaban J connectivity index is 0.000000388. The van der Waals surface area contributed by atoms with E-state index in [1.54, 1.807) is 0 Å². The van der Waals surface area contributed by atoms with Crippen LogP contribution in [0.3, 0.4) is 0 Å². The Morgan fingerprint density at radius 2 is 0.456 bits per heavy atom. The van der Waals surface area contributed by atoms with Gasteiger partial charge < -0.3 is 4.51 Å². The summed E-state index contributed by atoms with van der Waals surface area (Å²) in [5.74, 6) is 7.34. The molecule has 9 rings (SSSR count). The largest absolute Gasteiger partial charge is 3.00 e. The summed E-state index contributed by atoms with van der Waals surface area (Å²) >= 11 is 0. The molecule has 0 aliphatic heterocycles. The fourth-order valence-corrected chi connectivity index (χ4v) is 14.2. The Morgan fingerprint density at radius 1 is 0.291 bits per heavy atom. The zero-order valence-corrected chi connectivity index (χ0v) is 57.9. The number of hydrogen-bond donors (Lipinski definition) is 0. The first-order valence-corrected chi connectivity index (χ1v) is 33.9. The van der Waals surface area contributed by atoms with E-state index in [0.717, 1.165) is 27.7 Å². The van der Waals surface area contributed by atoms with E-state index >= 15 is 0 Å². The SMILES string of the molecule is CP(C)C.C[C]1[C](C)[C](C)[C](C)[C]1C.FC(F)(F)c1cc([B-](c2cc(C(F)(F)F)cc(C(F)(F)F)c2)(c2cc(C(F)(F)F)cc(C(F)(F)F)c2)c2cc(C(F)(F)F)cc(C(F)(F)F)c2)cc(C(F)(F)F)c1.FC(F)(F)c1cc[c-]cc1.[C-]#[N+][Si](c1ccccc1)(c1ccccc1)c1ccccc1.[Rh+3]. The molecule has 0 saturated heterocycles. The van der Waals surface area contributed by atoms with Crippen LogP contribution < -0.4 is 37.4 Å². The van der Waals surface area contributed by atoms with Gasteiger partial charge in [0, 0.05) is 15.6 Å². The minimum atomic E-state index is -6.13. The van der Waals surface area contributed by atoms with Gasteiger partial charge in [-0.1, -0.05) is 180 Å². The number of nitrogens with zero attached hydrogens (tertiary/aromatic N) is 1. The van der Waals surface area contributed by atoms with Crippen LogP contribution in [0.4, 0.5) is 119 Å². The maximum atomic E-state index is 14.2. The first-order valence-electron chi connectivity index (χ1n) is 29.3. The van der Waals surface area contributed by atoms with Crippen molar-refractivity contribution in [2.24, 2.45) is 0 Å². The Morgan fingerprint density at radius 3 is 0.592 bits per heavy atom. The van der Waals surface area contributed by atoms with E-state index in [2.05, 4.69) is 102 Å². The van der Waals surface area contributed by atoms with Gasteiger partial charge in [0.2, 0.25) is 0 Å². The van der Waals surface area contributed by atoms with Crippen molar-refractivity contribution < 1.29 is 138 Å². The molecule has 0 atom stereocenters. The van der Waals surface area contributed by atoms with Crippen LogP contribution in [0, 0.1) is 42.2 Å². The molecule has 8 aromatic carbocycles. The summed E-state index contributed by atoms with van der Waals surface area (Å²) in [7, 11) is -2.23. The summed E-state index contributed by atoms with van der Waals surface area (Å²) in [6.45, 7) is 25.7. The first kappa shape index (κ1) is 88.1. The monoisotopic (exact) mass is 1610 g/mol. The number of rotatable bonds is 7. The molecule has 1 nitrogen and oxygen atoms in total. The summed E-state index contributed by atoms with van der Waals surface area (Å²) < 4.78 is 380. The molecule has 0 heterocycles. The van der Waals surface area contributed by atoms with Gasteiger partial charge in [-0.3, -0.25) is 6.57 Å². The summed E-state index contributed by atoms with van der Waals surface area (Å²) in [5.41, 5.74) is -30.8. The first-order chi connectivity index (χ1) is 46.5. The molecule has 1 aliphatic carbocycles. The minimum absolute atomic E-state index is 0.